The molecule has 0 spiro atoms. The number of halogens is 1. The summed E-state index contributed by atoms with van der Waals surface area (Å²) in [6.45, 7) is 6.94. The molecular weight excluding hydrogens is 316 g/mol. The molecule has 20 heavy (non-hydrogen) atoms. The molecule has 0 aliphatic carbocycles. The van der Waals surface area contributed by atoms with Crippen molar-refractivity contribution < 1.29 is 9.47 Å². The van der Waals surface area contributed by atoms with Crippen LogP contribution in [-0.2, 0) is 6.61 Å². The normalized spacial score (nSPS) is 10.4. The van der Waals surface area contributed by atoms with E-state index in [0.29, 0.717) is 6.61 Å². The van der Waals surface area contributed by atoms with Gasteiger partial charge in [-0.2, -0.15) is 0 Å². The first-order chi connectivity index (χ1) is 9.51. The predicted molar refractivity (Wildman–Crippen MR) is 85.7 cm³/mol. The smallest absolute Gasteiger partial charge is 0.134 e. The SMILES string of the molecule is COc1ccc(OCc2c(C)cc(C)cc2C)c(Br)c1. The minimum atomic E-state index is 0.572. The lowest BCUT2D eigenvalue weighted by atomic mass is 10.0. The first kappa shape index (κ1) is 14.9. The Hall–Kier alpha value is -1.48. The van der Waals surface area contributed by atoms with Gasteiger partial charge in [-0.05, 0) is 71.6 Å². The number of rotatable bonds is 4. The van der Waals surface area contributed by atoms with Crippen molar-refractivity contribution in [2.45, 2.75) is 27.4 Å². The highest BCUT2D eigenvalue weighted by atomic mass is 79.9. The molecule has 0 bridgehead atoms. The Bertz CT molecular complexity index is 597. The van der Waals surface area contributed by atoms with Gasteiger partial charge in [0.25, 0.3) is 0 Å². The number of methoxy groups -OCH3 is 1. The molecule has 0 saturated heterocycles. The summed E-state index contributed by atoms with van der Waals surface area (Å²) in [6, 6.07) is 10.1. The second kappa shape index (κ2) is 6.31. The quantitative estimate of drug-likeness (QED) is 0.786. The Morgan fingerprint density at radius 1 is 1.00 bits per heavy atom. The van der Waals surface area contributed by atoms with E-state index < -0.39 is 0 Å². The average molecular weight is 335 g/mol. The second-order valence-corrected chi connectivity index (χ2v) is 5.82. The molecule has 0 heterocycles. The lowest BCUT2D eigenvalue weighted by molar-refractivity contribution is 0.302. The summed E-state index contributed by atoms with van der Waals surface area (Å²) >= 11 is 3.51. The maximum Gasteiger partial charge on any atom is 0.134 e. The van der Waals surface area contributed by atoms with Crippen LogP contribution in [0.3, 0.4) is 0 Å². The van der Waals surface area contributed by atoms with Gasteiger partial charge in [0, 0.05) is 0 Å². The van der Waals surface area contributed by atoms with E-state index >= 15 is 0 Å². The Morgan fingerprint density at radius 3 is 2.20 bits per heavy atom. The molecular formula is C17H19BrO2. The molecule has 2 aromatic carbocycles. The van der Waals surface area contributed by atoms with E-state index in [-0.39, 0.29) is 0 Å². The zero-order chi connectivity index (χ0) is 14.7. The molecule has 0 radical (unpaired) electrons. The van der Waals surface area contributed by atoms with Crippen molar-refractivity contribution in [3.05, 3.63) is 57.1 Å². The fraction of sp³-hybridized carbons (Fsp3) is 0.294. The van der Waals surface area contributed by atoms with E-state index in [1.807, 2.05) is 18.2 Å². The lowest BCUT2D eigenvalue weighted by Gasteiger charge is -2.14. The first-order valence-corrected chi connectivity index (χ1v) is 7.33. The fourth-order valence-corrected chi connectivity index (χ4v) is 2.79. The highest BCUT2D eigenvalue weighted by molar-refractivity contribution is 9.10. The van der Waals surface area contributed by atoms with Crippen molar-refractivity contribution in [1.29, 1.82) is 0 Å². The third kappa shape index (κ3) is 3.34. The van der Waals surface area contributed by atoms with Crippen LogP contribution in [0.2, 0.25) is 0 Å². The van der Waals surface area contributed by atoms with Gasteiger partial charge in [0.2, 0.25) is 0 Å². The molecule has 3 heteroatoms. The zero-order valence-electron chi connectivity index (χ0n) is 12.3. The summed E-state index contributed by atoms with van der Waals surface area (Å²) in [5.74, 6) is 1.64. The average Bonchev–Trinajstić information content (AvgIpc) is 2.39. The summed E-state index contributed by atoms with van der Waals surface area (Å²) in [6.07, 6.45) is 0. The Balaban J connectivity index is 2.17. The van der Waals surface area contributed by atoms with Gasteiger partial charge in [-0.1, -0.05) is 17.7 Å². The van der Waals surface area contributed by atoms with Gasteiger partial charge >= 0.3 is 0 Å². The van der Waals surface area contributed by atoms with Crippen LogP contribution in [0.1, 0.15) is 22.3 Å². The van der Waals surface area contributed by atoms with E-state index in [4.69, 9.17) is 9.47 Å². The van der Waals surface area contributed by atoms with Gasteiger partial charge < -0.3 is 9.47 Å². The van der Waals surface area contributed by atoms with Crippen molar-refractivity contribution in [1.82, 2.24) is 0 Å². The molecule has 0 N–H and O–H groups in total. The number of aryl methyl sites for hydroxylation is 3. The Kier molecular flexibility index (Phi) is 4.71. The van der Waals surface area contributed by atoms with Crippen LogP contribution in [0.5, 0.6) is 11.5 Å². The molecule has 0 atom stereocenters. The van der Waals surface area contributed by atoms with E-state index in [9.17, 15) is 0 Å². The molecule has 106 valence electrons. The summed E-state index contributed by atoms with van der Waals surface area (Å²) in [5, 5.41) is 0. The number of hydrogen-bond donors (Lipinski definition) is 0. The molecule has 2 nitrogen and oxygen atoms in total. The van der Waals surface area contributed by atoms with Crippen LogP contribution in [0, 0.1) is 20.8 Å². The predicted octanol–water partition coefficient (Wildman–Crippen LogP) is 4.96. The van der Waals surface area contributed by atoms with Crippen molar-refractivity contribution in [2.24, 2.45) is 0 Å². The maximum atomic E-state index is 5.92. The summed E-state index contributed by atoms with van der Waals surface area (Å²) < 4.78 is 12.0. The minimum absolute atomic E-state index is 0.572. The van der Waals surface area contributed by atoms with E-state index in [1.165, 1.54) is 22.3 Å². The van der Waals surface area contributed by atoms with Crippen molar-refractivity contribution in [3.8, 4) is 11.5 Å². The summed E-state index contributed by atoms with van der Waals surface area (Å²) in [5.41, 5.74) is 5.08. The molecule has 0 saturated carbocycles. The maximum absolute atomic E-state index is 5.92. The molecule has 0 amide bonds. The Labute approximate surface area is 128 Å². The summed E-state index contributed by atoms with van der Waals surface area (Å²) in [4.78, 5) is 0. The largest absolute Gasteiger partial charge is 0.497 e. The number of ether oxygens (including phenoxy) is 2. The molecule has 2 rings (SSSR count). The number of hydrogen-bond acceptors (Lipinski definition) is 2. The molecule has 0 aromatic heterocycles. The van der Waals surface area contributed by atoms with Gasteiger partial charge in [0.05, 0.1) is 11.6 Å². The lowest BCUT2D eigenvalue weighted by Crippen LogP contribution is -2.02. The van der Waals surface area contributed by atoms with Crippen molar-refractivity contribution >= 4 is 15.9 Å². The zero-order valence-corrected chi connectivity index (χ0v) is 13.9. The minimum Gasteiger partial charge on any atom is -0.497 e. The second-order valence-electron chi connectivity index (χ2n) is 4.96. The van der Waals surface area contributed by atoms with Gasteiger partial charge in [0.1, 0.15) is 18.1 Å². The van der Waals surface area contributed by atoms with E-state index in [2.05, 4.69) is 48.8 Å². The third-order valence-corrected chi connectivity index (χ3v) is 3.97. The third-order valence-electron chi connectivity index (χ3n) is 3.35. The monoisotopic (exact) mass is 334 g/mol. The van der Waals surface area contributed by atoms with Crippen LogP contribution in [0.15, 0.2) is 34.8 Å². The molecule has 0 aliphatic heterocycles. The van der Waals surface area contributed by atoms with E-state index in [1.54, 1.807) is 7.11 Å². The van der Waals surface area contributed by atoms with E-state index in [0.717, 1.165) is 16.0 Å². The molecule has 0 aliphatic rings. The van der Waals surface area contributed by atoms with Crippen LogP contribution in [0.4, 0.5) is 0 Å². The summed E-state index contributed by atoms with van der Waals surface area (Å²) in [7, 11) is 1.65. The molecule has 0 fully saturated rings. The van der Waals surface area contributed by atoms with Gasteiger partial charge in [0.15, 0.2) is 0 Å². The van der Waals surface area contributed by atoms with Crippen molar-refractivity contribution in [3.63, 3.8) is 0 Å². The molecule has 2 aromatic rings. The van der Waals surface area contributed by atoms with Crippen LogP contribution < -0.4 is 9.47 Å². The van der Waals surface area contributed by atoms with Gasteiger partial charge in [-0.3, -0.25) is 0 Å². The highest BCUT2D eigenvalue weighted by Gasteiger charge is 2.07. The fourth-order valence-electron chi connectivity index (χ4n) is 2.31. The van der Waals surface area contributed by atoms with Crippen molar-refractivity contribution in [2.75, 3.05) is 7.11 Å². The topological polar surface area (TPSA) is 18.5 Å². The van der Waals surface area contributed by atoms with Gasteiger partial charge in [-0.25, -0.2) is 0 Å². The van der Waals surface area contributed by atoms with Gasteiger partial charge in [-0.15, -0.1) is 0 Å². The Morgan fingerprint density at radius 2 is 1.65 bits per heavy atom. The highest BCUT2D eigenvalue weighted by Crippen LogP contribution is 2.30. The van der Waals surface area contributed by atoms with Crippen LogP contribution >= 0.6 is 15.9 Å². The van der Waals surface area contributed by atoms with Crippen LogP contribution in [0.25, 0.3) is 0 Å². The first-order valence-electron chi connectivity index (χ1n) is 6.54. The number of benzene rings is 2. The molecule has 0 unspecified atom stereocenters. The van der Waals surface area contributed by atoms with Crippen LogP contribution in [-0.4, -0.2) is 7.11 Å². The standard InChI is InChI=1S/C17H19BrO2/c1-11-7-12(2)15(13(3)8-11)10-20-17-6-5-14(19-4)9-16(17)18/h5-9H,10H2,1-4H3.